The van der Waals surface area contributed by atoms with E-state index in [1.54, 1.807) is 0 Å². The molecule has 0 amide bonds. The monoisotopic (exact) mass is 332 g/mol. The Balaban J connectivity index is 1.75. The minimum absolute atomic E-state index is 0.0629. The van der Waals surface area contributed by atoms with E-state index in [1.807, 2.05) is 12.1 Å². The first-order valence-corrected chi connectivity index (χ1v) is 8.82. The zero-order valence-electron chi connectivity index (χ0n) is 15.0. The van der Waals surface area contributed by atoms with Crippen molar-refractivity contribution in [2.24, 2.45) is 5.92 Å². The Morgan fingerprint density at radius 3 is 2.88 bits per heavy atom. The van der Waals surface area contributed by atoms with Gasteiger partial charge in [0.05, 0.1) is 28.8 Å². The summed E-state index contributed by atoms with van der Waals surface area (Å²) in [5.41, 5.74) is 3.19. The van der Waals surface area contributed by atoms with Crippen LogP contribution in [0.1, 0.15) is 25.7 Å². The highest BCUT2D eigenvalue weighted by atomic mass is 16.5. The molecular weight excluding hydrogens is 308 g/mol. The molecule has 0 saturated heterocycles. The second-order valence-corrected chi connectivity index (χ2v) is 7.35. The van der Waals surface area contributed by atoms with Crippen LogP contribution in [0.5, 0.6) is 0 Å². The van der Waals surface area contributed by atoms with Crippen LogP contribution in [0.25, 0.3) is 11.0 Å². The van der Waals surface area contributed by atoms with Crippen molar-refractivity contribution in [1.82, 2.24) is 9.55 Å². The van der Waals surface area contributed by atoms with Crippen molar-refractivity contribution < 1.29 is 4.74 Å². The fourth-order valence-electron chi connectivity index (χ4n) is 3.83. The third kappa shape index (κ3) is 2.79. The van der Waals surface area contributed by atoms with Crippen LogP contribution in [0.15, 0.2) is 72.9 Å². The number of rotatable bonds is 3. The van der Waals surface area contributed by atoms with Gasteiger partial charge in [-0.05, 0) is 38.5 Å². The SMILES string of the molecule is C=CC(C1=CC2C=CC(C)(C)OC2C=C1)n1c(C)nc2ccccc21. The molecule has 3 atom stereocenters. The van der Waals surface area contributed by atoms with Crippen LogP contribution in [-0.2, 0) is 4.74 Å². The number of allylic oxidation sites excluding steroid dienone is 3. The highest BCUT2D eigenvalue weighted by Gasteiger charge is 2.31. The molecule has 2 aromatic rings. The van der Waals surface area contributed by atoms with Crippen molar-refractivity contribution in [2.75, 3.05) is 0 Å². The van der Waals surface area contributed by atoms with E-state index in [1.165, 1.54) is 5.57 Å². The van der Waals surface area contributed by atoms with E-state index >= 15 is 0 Å². The summed E-state index contributed by atoms with van der Waals surface area (Å²) in [5.74, 6) is 1.27. The fourth-order valence-corrected chi connectivity index (χ4v) is 3.83. The summed E-state index contributed by atoms with van der Waals surface area (Å²) in [6, 6.07) is 8.32. The van der Waals surface area contributed by atoms with Crippen molar-refractivity contribution >= 4 is 11.0 Å². The Hall–Kier alpha value is -2.39. The zero-order valence-corrected chi connectivity index (χ0v) is 15.0. The van der Waals surface area contributed by atoms with Gasteiger partial charge in [0.15, 0.2) is 0 Å². The number of fused-ring (bicyclic) bond motifs is 2. The molecule has 1 aromatic carbocycles. The van der Waals surface area contributed by atoms with E-state index in [9.17, 15) is 0 Å². The highest BCUT2D eigenvalue weighted by molar-refractivity contribution is 5.76. The number of para-hydroxylation sites is 2. The number of hydrogen-bond donors (Lipinski definition) is 0. The molecular formula is C22H24N2O. The number of hydrogen-bond acceptors (Lipinski definition) is 2. The smallest absolute Gasteiger partial charge is 0.107 e. The minimum Gasteiger partial charge on any atom is -0.363 e. The molecule has 4 rings (SSSR count). The molecule has 1 aliphatic heterocycles. The predicted molar refractivity (Wildman–Crippen MR) is 103 cm³/mol. The standard InChI is InChI=1S/C22H24N2O/c1-5-19(24-15(2)23-18-8-6-7-9-20(18)24)16-10-11-21-17(14-16)12-13-22(3,4)25-21/h5-14,17,19,21H,1H2,2-4H3. The van der Waals surface area contributed by atoms with Crippen LogP contribution in [0.2, 0.25) is 0 Å². The maximum Gasteiger partial charge on any atom is 0.107 e. The topological polar surface area (TPSA) is 27.1 Å². The predicted octanol–water partition coefficient (Wildman–Crippen LogP) is 4.92. The first-order chi connectivity index (χ1) is 12.0. The summed E-state index contributed by atoms with van der Waals surface area (Å²) < 4.78 is 8.42. The molecule has 3 unspecified atom stereocenters. The van der Waals surface area contributed by atoms with Gasteiger partial charge in [0.1, 0.15) is 5.82 Å². The summed E-state index contributed by atoms with van der Waals surface area (Å²) in [6.45, 7) is 10.3. The lowest BCUT2D eigenvalue weighted by Gasteiger charge is -2.36. The van der Waals surface area contributed by atoms with Crippen LogP contribution >= 0.6 is 0 Å². The third-order valence-corrected chi connectivity index (χ3v) is 5.02. The van der Waals surface area contributed by atoms with Gasteiger partial charge in [-0.3, -0.25) is 0 Å². The fraction of sp³-hybridized carbons (Fsp3) is 0.318. The molecule has 128 valence electrons. The van der Waals surface area contributed by atoms with Crippen molar-refractivity contribution in [1.29, 1.82) is 0 Å². The Morgan fingerprint density at radius 2 is 2.08 bits per heavy atom. The van der Waals surface area contributed by atoms with Crippen LogP contribution in [0, 0.1) is 12.8 Å². The Morgan fingerprint density at radius 1 is 1.28 bits per heavy atom. The number of nitrogens with zero attached hydrogens (tertiary/aromatic N) is 2. The maximum atomic E-state index is 6.16. The zero-order chi connectivity index (χ0) is 17.6. The lowest BCUT2D eigenvalue weighted by molar-refractivity contribution is -0.0395. The lowest BCUT2D eigenvalue weighted by Crippen LogP contribution is -2.36. The van der Waals surface area contributed by atoms with Crippen LogP contribution in [0.3, 0.4) is 0 Å². The van der Waals surface area contributed by atoms with Gasteiger partial charge in [-0.25, -0.2) is 4.98 Å². The van der Waals surface area contributed by atoms with Crippen molar-refractivity contribution in [3.63, 3.8) is 0 Å². The van der Waals surface area contributed by atoms with Gasteiger partial charge in [-0.1, -0.05) is 48.6 Å². The second kappa shape index (κ2) is 5.85. The molecule has 0 saturated carbocycles. The Labute approximate surface area is 149 Å². The molecule has 25 heavy (non-hydrogen) atoms. The third-order valence-electron chi connectivity index (χ3n) is 5.02. The second-order valence-electron chi connectivity index (χ2n) is 7.35. The quantitative estimate of drug-likeness (QED) is 0.746. The van der Waals surface area contributed by atoms with Gasteiger partial charge >= 0.3 is 0 Å². The molecule has 1 aliphatic carbocycles. The number of aromatic nitrogens is 2. The van der Waals surface area contributed by atoms with E-state index in [4.69, 9.17) is 9.72 Å². The number of ether oxygens (including phenoxy) is 1. The van der Waals surface area contributed by atoms with Gasteiger partial charge in [0.2, 0.25) is 0 Å². The molecule has 0 fully saturated rings. The largest absolute Gasteiger partial charge is 0.363 e. The van der Waals surface area contributed by atoms with Gasteiger partial charge in [0, 0.05) is 5.92 Å². The van der Waals surface area contributed by atoms with E-state index in [2.05, 4.69) is 80.5 Å². The lowest BCUT2D eigenvalue weighted by atomic mass is 9.86. The normalized spacial score (nSPS) is 25.5. The number of benzene rings is 1. The van der Waals surface area contributed by atoms with Crippen LogP contribution in [-0.4, -0.2) is 21.3 Å². The van der Waals surface area contributed by atoms with Crippen molar-refractivity contribution in [3.8, 4) is 0 Å². The first kappa shape index (κ1) is 16.1. The highest BCUT2D eigenvalue weighted by Crippen LogP contribution is 2.35. The van der Waals surface area contributed by atoms with Crippen molar-refractivity contribution in [3.05, 3.63) is 78.7 Å². The number of aryl methyl sites for hydroxylation is 1. The molecule has 3 nitrogen and oxygen atoms in total. The Kier molecular flexibility index (Phi) is 3.77. The summed E-state index contributed by atoms with van der Waals surface area (Å²) in [7, 11) is 0. The van der Waals surface area contributed by atoms with Gasteiger partial charge in [0.25, 0.3) is 0 Å². The molecule has 0 spiro atoms. The van der Waals surface area contributed by atoms with E-state index < -0.39 is 0 Å². The van der Waals surface area contributed by atoms with Crippen LogP contribution < -0.4 is 0 Å². The summed E-state index contributed by atoms with van der Waals surface area (Å²) in [4.78, 5) is 4.70. The molecule has 2 heterocycles. The summed E-state index contributed by atoms with van der Waals surface area (Å²) in [6.07, 6.45) is 13.2. The molecule has 2 aliphatic rings. The van der Waals surface area contributed by atoms with E-state index in [0.717, 1.165) is 16.9 Å². The molecule has 3 heteroatoms. The summed E-state index contributed by atoms with van der Waals surface area (Å²) in [5, 5.41) is 0. The average molecular weight is 332 g/mol. The molecule has 0 bridgehead atoms. The number of imidazole rings is 1. The van der Waals surface area contributed by atoms with E-state index in [0.29, 0.717) is 0 Å². The van der Waals surface area contributed by atoms with Crippen molar-refractivity contribution in [2.45, 2.75) is 38.5 Å². The molecule has 1 aromatic heterocycles. The molecule has 0 N–H and O–H groups in total. The first-order valence-electron chi connectivity index (χ1n) is 8.82. The maximum absolute atomic E-state index is 6.16. The van der Waals surface area contributed by atoms with Gasteiger partial charge < -0.3 is 9.30 Å². The van der Waals surface area contributed by atoms with Crippen LogP contribution in [0.4, 0.5) is 0 Å². The minimum atomic E-state index is -0.203. The average Bonchev–Trinajstić information content (AvgIpc) is 2.91. The van der Waals surface area contributed by atoms with Gasteiger partial charge in [-0.2, -0.15) is 0 Å². The Bertz CT molecular complexity index is 913. The summed E-state index contributed by atoms with van der Waals surface area (Å²) >= 11 is 0. The van der Waals surface area contributed by atoms with E-state index in [-0.39, 0.29) is 23.7 Å². The van der Waals surface area contributed by atoms with Gasteiger partial charge in [-0.15, -0.1) is 6.58 Å². The molecule has 0 radical (unpaired) electrons.